The van der Waals surface area contributed by atoms with Gasteiger partial charge >= 0.3 is 0 Å². The molecule has 30 heavy (non-hydrogen) atoms. The van der Waals surface area contributed by atoms with Gasteiger partial charge in [0.15, 0.2) is 15.0 Å². The first-order valence-corrected chi connectivity index (χ1v) is 12.6. The van der Waals surface area contributed by atoms with Crippen LogP contribution in [0.15, 0.2) is 47.5 Å². The average Bonchev–Trinajstić information content (AvgIpc) is 3.14. The van der Waals surface area contributed by atoms with Gasteiger partial charge in [-0.05, 0) is 35.9 Å². The van der Waals surface area contributed by atoms with Crippen molar-refractivity contribution in [3.8, 4) is 5.75 Å². The van der Waals surface area contributed by atoms with Crippen molar-refractivity contribution in [2.75, 3.05) is 23.5 Å². The summed E-state index contributed by atoms with van der Waals surface area (Å²) in [6, 6.07) is 11.9. The van der Waals surface area contributed by atoms with Crippen LogP contribution in [0.25, 0.3) is 0 Å². The number of ether oxygens (including phenoxy) is 1. The van der Waals surface area contributed by atoms with E-state index in [1.165, 1.54) is 18.9 Å². The molecule has 1 amide bonds. The number of halogens is 2. The Kier molecular flexibility index (Phi) is 6.03. The van der Waals surface area contributed by atoms with Crippen LogP contribution < -0.4 is 9.64 Å². The normalized spacial score (nSPS) is 23.6. The lowest BCUT2D eigenvalue weighted by Gasteiger charge is -2.25. The van der Waals surface area contributed by atoms with Crippen LogP contribution >= 0.6 is 35.0 Å². The second-order valence-corrected chi connectivity index (χ2v) is 11.3. The summed E-state index contributed by atoms with van der Waals surface area (Å²) in [6.45, 7) is 0. The summed E-state index contributed by atoms with van der Waals surface area (Å²) < 4.78 is 29.6. The molecule has 0 bridgehead atoms. The van der Waals surface area contributed by atoms with Crippen LogP contribution in [-0.2, 0) is 21.1 Å². The van der Waals surface area contributed by atoms with Crippen molar-refractivity contribution < 1.29 is 17.9 Å². The number of hydrogen-bond acceptors (Lipinski definition) is 5. The van der Waals surface area contributed by atoms with Crippen LogP contribution in [0.2, 0.25) is 10.0 Å². The third kappa shape index (κ3) is 4.46. The molecule has 0 saturated carbocycles. The van der Waals surface area contributed by atoms with E-state index in [-0.39, 0.29) is 35.1 Å². The number of carbonyl (C=O) groups excluding carboxylic acids is 1. The van der Waals surface area contributed by atoms with Gasteiger partial charge in [-0.3, -0.25) is 4.79 Å². The summed E-state index contributed by atoms with van der Waals surface area (Å²) in [4.78, 5) is 18.7. The van der Waals surface area contributed by atoms with E-state index in [1.54, 1.807) is 42.5 Å². The lowest BCUT2D eigenvalue weighted by Crippen LogP contribution is -2.37. The average molecular weight is 485 g/mol. The van der Waals surface area contributed by atoms with E-state index in [1.807, 2.05) is 4.90 Å². The summed E-state index contributed by atoms with van der Waals surface area (Å²) >= 11 is 13.5. The largest absolute Gasteiger partial charge is 0.495 e. The number of methoxy groups -OCH3 is 1. The minimum Gasteiger partial charge on any atom is -0.495 e. The van der Waals surface area contributed by atoms with E-state index >= 15 is 0 Å². The molecule has 2 aliphatic heterocycles. The summed E-state index contributed by atoms with van der Waals surface area (Å²) in [5, 5.41) is 1.30. The van der Waals surface area contributed by atoms with Crippen molar-refractivity contribution >= 4 is 61.6 Å². The van der Waals surface area contributed by atoms with Gasteiger partial charge < -0.3 is 9.64 Å². The molecule has 0 aliphatic carbocycles. The molecule has 0 aromatic heterocycles. The van der Waals surface area contributed by atoms with Gasteiger partial charge in [0.05, 0.1) is 36.1 Å². The number of benzene rings is 2. The Labute approximate surface area is 189 Å². The van der Waals surface area contributed by atoms with Gasteiger partial charge in [0.1, 0.15) is 5.75 Å². The highest BCUT2D eigenvalue weighted by atomic mass is 35.5. The molecule has 2 saturated heterocycles. The molecule has 0 spiro atoms. The Morgan fingerprint density at radius 3 is 2.60 bits per heavy atom. The number of hydrogen-bond donors (Lipinski definition) is 0. The van der Waals surface area contributed by atoms with Gasteiger partial charge in [-0.15, -0.1) is 0 Å². The molecule has 2 atom stereocenters. The summed E-state index contributed by atoms with van der Waals surface area (Å²) in [5.74, 6) is 0.277. The zero-order valence-corrected chi connectivity index (χ0v) is 19.1. The van der Waals surface area contributed by atoms with Crippen LogP contribution in [0, 0.1) is 0 Å². The lowest BCUT2D eigenvalue weighted by atomic mass is 10.1. The highest BCUT2D eigenvalue weighted by molar-refractivity contribution is 8.16. The minimum absolute atomic E-state index is 0.0126. The number of sulfone groups is 1. The zero-order valence-electron chi connectivity index (χ0n) is 15.9. The molecule has 2 fully saturated rings. The van der Waals surface area contributed by atoms with E-state index in [4.69, 9.17) is 27.9 Å². The zero-order chi connectivity index (χ0) is 21.5. The van der Waals surface area contributed by atoms with Gasteiger partial charge in [0, 0.05) is 16.0 Å². The Hall–Kier alpha value is -1.74. The lowest BCUT2D eigenvalue weighted by molar-refractivity contribution is -0.117. The number of thioether (sulfide) groups is 1. The Morgan fingerprint density at radius 2 is 1.93 bits per heavy atom. The molecule has 2 aromatic rings. The van der Waals surface area contributed by atoms with Gasteiger partial charge in [-0.1, -0.05) is 47.1 Å². The highest BCUT2D eigenvalue weighted by Gasteiger charge is 2.49. The topological polar surface area (TPSA) is 76.0 Å². The SMILES string of the molecule is COc1ccc(N2C(=NC(=O)Cc3ccc(Cl)cc3)S[C@H]3CS(=O)(=O)C[C@@H]32)cc1Cl. The molecule has 2 aromatic carbocycles. The number of carbonyl (C=O) groups is 1. The molecule has 0 N–H and O–H groups in total. The van der Waals surface area contributed by atoms with Crippen molar-refractivity contribution in [3.63, 3.8) is 0 Å². The maximum atomic E-state index is 12.6. The fraction of sp³-hybridized carbons (Fsp3) is 0.300. The number of fused-ring (bicyclic) bond motifs is 1. The molecule has 0 radical (unpaired) electrons. The van der Waals surface area contributed by atoms with Gasteiger partial charge in [-0.2, -0.15) is 4.99 Å². The van der Waals surface area contributed by atoms with E-state index in [0.29, 0.717) is 26.6 Å². The maximum absolute atomic E-state index is 12.6. The quantitative estimate of drug-likeness (QED) is 0.655. The van der Waals surface area contributed by atoms with Gasteiger partial charge in [0.2, 0.25) is 0 Å². The fourth-order valence-corrected chi connectivity index (χ4v) is 7.90. The summed E-state index contributed by atoms with van der Waals surface area (Å²) in [5.41, 5.74) is 1.48. The van der Waals surface area contributed by atoms with E-state index in [2.05, 4.69) is 4.99 Å². The first-order valence-electron chi connectivity index (χ1n) is 9.11. The van der Waals surface area contributed by atoms with E-state index in [9.17, 15) is 13.2 Å². The first-order chi connectivity index (χ1) is 14.3. The Bertz CT molecular complexity index is 1120. The predicted octanol–water partition coefficient (Wildman–Crippen LogP) is 3.85. The fourth-order valence-electron chi connectivity index (χ4n) is 3.59. The number of nitrogens with zero attached hydrogens (tertiary/aromatic N) is 2. The molecular formula is C20H18Cl2N2O4S2. The number of rotatable bonds is 4. The number of amides is 1. The number of aliphatic imine (C=N–C) groups is 1. The Morgan fingerprint density at radius 1 is 1.20 bits per heavy atom. The highest BCUT2D eigenvalue weighted by Crippen LogP contribution is 2.42. The third-order valence-corrected chi connectivity index (χ3v) is 8.73. The van der Waals surface area contributed by atoms with Crippen molar-refractivity contribution in [1.29, 1.82) is 0 Å². The predicted molar refractivity (Wildman–Crippen MR) is 122 cm³/mol. The van der Waals surface area contributed by atoms with Gasteiger partial charge in [-0.25, -0.2) is 8.42 Å². The monoisotopic (exact) mass is 484 g/mol. The smallest absolute Gasteiger partial charge is 0.252 e. The van der Waals surface area contributed by atoms with Crippen LogP contribution in [0.4, 0.5) is 5.69 Å². The third-order valence-electron chi connectivity index (χ3n) is 4.97. The molecule has 0 unspecified atom stereocenters. The van der Waals surface area contributed by atoms with Crippen LogP contribution in [0.5, 0.6) is 5.75 Å². The van der Waals surface area contributed by atoms with Gasteiger partial charge in [0.25, 0.3) is 5.91 Å². The molecule has 2 aliphatic rings. The van der Waals surface area contributed by atoms with Crippen LogP contribution in [-0.4, -0.2) is 49.4 Å². The molecule has 2 heterocycles. The maximum Gasteiger partial charge on any atom is 0.252 e. The molecule has 10 heteroatoms. The minimum atomic E-state index is -3.15. The Balaban J connectivity index is 1.65. The molecule has 158 valence electrons. The van der Waals surface area contributed by atoms with Crippen molar-refractivity contribution in [2.45, 2.75) is 17.7 Å². The summed E-state index contributed by atoms with van der Waals surface area (Å²) in [6.07, 6.45) is 0.131. The van der Waals surface area contributed by atoms with Crippen molar-refractivity contribution in [2.24, 2.45) is 4.99 Å². The van der Waals surface area contributed by atoms with Crippen molar-refractivity contribution in [1.82, 2.24) is 0 Å². The second-order valence-electron chi connectivity index (χ2n) is 7.08. The first kappa shape index (κ1) is 21.5. The number of amidine groups is 1. The number of anilines is 1. The standard InChI is InChI=1S/C20H18Cl2N2O4S2/c1-28-17-7-6-14(9-15(17)22)24-16-10-30(26,27)11-18(16)29-20(24)23-19(25)8-12-2-4-13(21)5-3-12/h2-7,9,16,18H,8,10-11H2,1H3/t16-,18-/m0/s1. The molecule has 4 rings (SSSR count). The molecular weight excluding hydrogens is 467 g/mol. The summed E-state index contributed by atoms with van der Waals surface area (Å²) in [7, 11) is -1.62. The van der Waals surface area contributed by atoms with E-state index in [0.717, 1.165) is 5.56 Å². The van der Waals surface area contributed by atoms with Crippen LogP contribution in [0.3, 0.4) is 0 Å². The molecule has 6 nitrogen and oxygen atoms in total. The second kappa shape index (κ2) is 8.42. The van der Waals surface area contributed by atoms with Crippen molar-refractivity contribution in [3.05, 3.63) is 58.1 Å². The van der Waals surface area contributed by atoms with E-state index < -0.39 is 9.84 Å². The van der Waals surface area contributed by atoms with Crippen LogP contribution in [0.1, 0.15) is 5.56 Å².